The number of aromatic nitrogens is 4. The average molecular weight is 237 g/mol. The minimum atomic E-state index is -1.13. The van der Waals surface area contributed by atoms with Crippen molar-refractivity contribution < 1.29 is 4.21 Å². The van der Waals surface area contributed by atoms with E-state index in [-0.39, 0.29) is 0 Å². The molecule has 2 heterocycles. The van der Waals surface area contributed by atoms with E-state index in [1.165, 1.54) is 6.33 Å². The Hall–Kier alpha value is -1.76. The summed E-state index contributed by atoms with van der Waals surface area (Å²) in [6, 6.07) is 1.66. The standard InChI is InChI=1S/C9H11N5OS/c1-14-9(10)6(4-13-14)7-3-8(16(2)15)12-5-11-7/h3-5H,10H2,1-2H3. The van der Waals surface area contributed by atoms with E-state index in [2.05, 4.69) is 15.1 Å². The van der Waals surface area contributed by atoms with Crippen LogP contribution in [0.4, 0.5) is 5.82 Å². The number of nitrogens with two attached hydrogens (primary N) is 1. The van der Waals surface area contributed by atoms with Crippen molar-refractivity contribution in [3.05, 3.63) is 18.6 Å². The molecule has 0 fully saturated rings. The Morgan fingerprint density at radius 1 is 1.44 bits per heavy atom. The van der Waals surface area contributed by atoms with E-state index in [0.717, 1.165) is 5.56 Å². The third kappa shape index (κ3) is 1.81. The molecule has 2 aromatic rings. The van der Waals surface area contributed by atoms with Gasteiger partial charge in [-0.2, -0.15) is 5.10 Å². The van der Waals surface area contributed by atoms with Gasteiger partial charge in [-0.15, -0.1) is 0 Å². The van der Waals surface area contributed by atoms with Crippen LogP contribution in [-0.2, 0) is 17.8 Å². The Morgan fingerprint density at radius 3 is 2.75 bits per heavy atom. The summed E-state index contributed by atoms with van der Waals surface area (Å²) in [5.74, 6) is 0.520. The number of anilines is 1. The Labute approximate surface area is 95.0 Å². The Kier molecular flexibility index (Phi) is 2.69. The van der Waals surface area contributed by atoms with Crippen LogP contribution < -0.4 is 5.73 Å². The van der Waals surface area contributed by atoms with E-state index in [9.17, 15) is 4.21 Å². The SMILES string of the molecule is Cn1ncc(-c2cc(S(C)=O)ncn2)c1N. The zero-order chi connectivity index (χ0) is 11.7. The topological polar surface area (TPSA) is 86.7 Å². The molecule has 0 saturated carbocycles. The first kappa shape index (κ1) is 10.7. The summed E-state index contributed by atoms with van der Waals surface area (Å²) >= 11 is 0. The Balaban J connectivity index is 2.52. The summed E-state index contributed by atoms with van der Waals surface area (Å²) in [7, 11) is 0.617. The number of aryl methyl sites for hydroxylation is 1. The molecular weight excluding hydrogens is 226 g/mol. The largest absolute Gasteiger partial charge is 0.383 e. The van der Waals surface area contributed by atoms with Gasteiger partial charge in [-0.3, -0.25) is 8.89 Å². The molecule has 1 atom stereocenters. The Morgan fingerprint density at radius 2 is 2.19 bits per heavy atom. The highest BCUT2D eigenvalue weighted by atomic mass is 32.2. The molecule has 2 aromatic heterocycles. The van der Waals surface area contributed by atoms with Crippen molar-refractivity contribution in [3.63, 3.8) is 0 Å². The third-order valence-corrected chi connectivity index (χ3v) is 3.01. The first-order valence-corrected chi connectivity index (χ1v) is 6.08. The molecule has 0 aromatic carbocycles. The molecule has 0 radical (unpaired) electrons. The van der Waals surface area contributed by atoms with Crippen molar-refractivity contribution in [2.45, 2.75) is 5.03 Å². The third-order valence-electron chi connectivity index (χ3n) is 2.20. The van der Waals surface area contributed by atoms with E-state index < -0.39 is 10.8 Å². The lowest BCUT2D eigenvalue weighted by atomic mass is 10.2. The summed E-state index contributed by atoms with van der Waals surface area (Å²) in [6.07, 6.45) is 4.57. The van der Waals surface area contributed by atoms with Gasteiger partial charge >= 0.3 is 0 Å². The highest BCUT2D eigenvalue weighted by Gasteiger charge is 2.10. The molecule has 0 aliphatic rings. The lowest BCUT2D eigenvalue weighted by Crippen LogP contribution is -1.99. The second-order valence-electron chi connectivity index (χ2n) is 3.26. The zero-order valence-electron chi connectivity index (χ0n) is 8.91. The second-order valence-corrected chi connectivity index (χ2v) is 4.59. The molecule has 0 aliphatic heterocycles. The fourth-order valence-corrected chi connectivity index (χ4v) is 1.76. The molecule has 2 N–H and O–H groups in total. The zero-order valence-corrected chi connectivity index (χ0v) is 9.73. The number of hydrogen-bond donors (Lipinski definition) is 1. The van der Waals surface area contributed by atoms with Crippen molar-refractivity contribution in [1.29, 1.82) is 0 Å². The van der Waals surface area contributed by atoms with E-state index in [1.807, 2.05) is 0 Å². The van der Waals surface area contributed by atoms with Crippen molar-refractivity contribution in [2.75, 3.05) is 12.0 Å². The quantitative estimate of drug-likeness (QED) is 0.754. The molecule has 7 heteroatoms. The molecule has 1 unspecified atom stereocenters. The predicted octanol–water partition coefficient (Wildman–Crippen LogP) is 0.197. The van der Waals surface area contributed by atoms with Crippen LogP contribution in [0.3, 0.4) is 0 Å². The normalized spacial score (nSPS) is 12.6. The predicted molar refractivity (Wildman–Crippen MR) is 61.0 cm³/mol. The molecule has 16 heavy (non-hydrogen) atoms. The van der Waals surface area contributed by atoms with Gasteiger partial charge in [0.1, 0.15) is 17.2 Å². The number of rotatable bonds is 2. The molecule has 0 spiro atoms. The smallest absolute Gasteiger partial charge is 0.130 e. The van der Waals surface area contributed by atoms with Gasteiger partial charge in [0, 0.05) is 13.3 Å². The van der Waals surface area contributed by atoms with Crippen molar-refractivity contribution >= 4 is 16.6 Å². The Bertz CT molecular complexity index is 551. The van der Waals surface area contributed by atoms with Gasteiger partial charge in [0.05, 0.1) is 28.3 Å². The van der Waals surface area contributed by atoms with Gasteiger partial charge in [0.25, 0.3) is 0 Å². The van der Waals surface area contributed by atoms with Crippen LogP contribution in [0, 0.1) is 0 Å². The highest BCUT2D eigenvalue weighted by Crippen LogP contribution is 2.23. The van der Waals surface area contributed by atoms with Gasteiger partial charge in [0.15, 0.2) is 0 Å². The summed E-state index contributed by atoms with van der Waals surface area (Å²) in [6.45, 7) is 0. The number of hydrogen-bond acceptors (Lipinski definition) is 5. The summed E-state index contributed by atoms with van der Waals surface area (Å²) in [5.41, 5.74) is 7.17. The summed E-state index contributed by atoms with van der Waals surface area (Å²) in [5, 5.41) is 4.50. The average Bonchev–Trinajstić information content (AvgIpc) is 2.60. The first-order valence-electron chi connectivity index (χ1n) is 4.53. The molecule has 0 aliphatic carbocycles. The van der Waals surface area contributed by atoms with Crippen LogP contribution in [0.25, 0.3) is 11.3 Å². The molecule has 0 amide bonds. The maximum absolute atomic E-state index is 11.3. The highest BCUT2D eigenvalue weighted by molar-refractivity contribution is 7.84. The van der Waals surface area contributed by atoms with Crippen LogP contribution in [0.5, 0.6) is 0 Å². The van der Waals surface area contributed by atoms with E-state index in [4.69, 9.17) is 5.73 Å². The summed E-state index contributed by atoms with van der Waals surface area (Å²) < 4.78 is 12.8. The molecular formula is C9H11N5OS. The monoisotopic (exact) mass is 237 g/mol. The van der Waals surface area contributed by atoms with Crippen molar-refractivity contribution in [2.24, 2.45) is 7.05 Å². The van der Waals surface area contributed by atoms with Crippen LogP contribution in [-0.4, -0.2) is 30.2 Å². The van der Waals surface area contributed by atoms with Gasteiger partial charge in [-0.05, 0) is 6.07 Å². The van der Waals surface area contributed by atoms with Gasteiger partial charge < -0.3 is 5.73 Å². The number of nitrogen functional groups attached to an aromatic ring is 1. The molecule has 0 saturated heterocycles. The molecule has 0 bridgehead atoms. The minimum Gasteiger partial charge on any atom is -0.383 e. The lowest BCUT2D eigenvalue weighted by Gasteiger charge is -2.01. The minimum absolute atomic E-state index is 0.480. The van der Waals surface area contributed by atoms with Gasteiger partial charge in [0.2, 0.25) is 0 Å². The van der Waals surface area contributed by atoms with Crippen molar-refractivity contribution in [3.8, 4) is 11.3 Å². The molecule has 6 nitrogen and oxygen atoms in total. The maximum atomic E-state index is 11.3. The van der Waals surface area contributed by atoms with Crippen LogP contribution in [0.15, 0.2) is 23.6 Å². The number of nitrogens with zero attached hydrogens (tertiary/aromatic N) is 4. The van der Waals surface area contributed by atoms with Gasteiger partial charge in [-0.1, -0.05) is 0 Å². The second kappa shape index (κ2) is 4.01. The maximum Gasteiger partial charge on any atom is 0.130 e. The fourth-order valence-electron chi connectivity index (χ4n) is 1.29. The molecule has 2 rings (SSSR count). The molecule has 84 valence electrons. The van der Waals surface area contributed by atoms with Crippen LogP contribution in [0.2, 0.25) is 0 Å². The van der Waals surface area contributed by atoms with Crippen LogP contribution in [0.1, 0.15) is 0 Å². The van der Waals surface area contributed by atoms with E-state index >= 15 is 0 Å². The van der Waals surface area contributed by atoms with E-state index in [1.54, 1.807) is 30.2 Å². The first-order chi connectivity index (χ1) is 7.59. The summed E-state index contributed by atoms with van der Waals surface area (Å²) in [4.78, 5) is 8.01. The van der Waals surface area contributed by atoms with Crippen molar-refractivity contribution in [1.82, 2.24) is 19.7 Å². The van der Waals surface area contributed by atoms with E-state index in [0.29, 0.717) is 16.5 Å². The lowest BCUT2D eigenvalue weighted by molar-refractivity contribution is 0.683. The van der Waals surface area contributed by atoms with Crippen LogP contribution >= 0.6 is 0 Å². The fraction of sp³-hybridized carbons (Fsp3) is 0.222. The van der Waals surface area contributed by atoms with Gasteiger partial charge in [-0.25, -0.2) is 9.97 Å².